The summed E-state index contributed by atoms with van der Waals surface area (Å²) in [6, 6.07) is 1.89. The van der Waals surface area contributed by atoms with Crippen LogP contribution < -0.4 is 5.73 Å². The third-order valence-corrected chi connectivity index (χ3v) is 3.85. The average Bonchev–Trinajstić information content (AvgIpc) is 2.79. The van der Waals surface area contributed by atoms with Gasteiger partial charge in [-0.1, -0.05) is 6.92 Å². The van der Waals surface area contributed by atoms with Crippen LogP contribution in [0.2, 0.25) is 0 Å². The van der Waals surface area contributed by atoms with Crippen molar-refractivity contribution in [2.45, 2.75) is 71.1 Å². The van der Waals surface area contributed by atoms with Crippen LogP contribution in [-0.4, -0.2) is 32.2 Å². The van der Waals surface area contributed by atoms with E-state index in [2.05, 4.69) is 32.8 Å². The second-order valence-electron chi connectivity index (χ2n) is 6.56. The number of aryl methyl sites for hydroxylation is 1. The number of nitrogens with zero attached hydrogens (tertiary/aromatic N) is 3. The summed E-state index contributed by atoms with van der Waals surface area (Å²) in [5.74, 6) is 0.188. The van der Waals surface area contributed by atoms with Gasteiger partial charge >= 0.3 is 0 Å². The molecule has 20 heavy (non-hydrogen) atoms. The largest absolute Gasteiger partial charge is 0.328 e. The first-order valence-corrected chi connectivity index (χ1v) is 7.45. The van der Waals surface area contributed by atoms with Crippen molar-refractivity contribution >= 4 is 5.91 Å². The van der Waals surface area contributed by atoms with E-state index in [1.54, 1.807) is 6.20 Å². The molecule has 112 valence electrons. The third-order valence-electron chi connectivity index (χ3n) is 3.85. The molecule has 0 aromatic carbocycles. The number of aromatic nitrogens is 2. The van der Waals surface area contributed by atoms with E-state index in [9.17, 15) is 4.79 Å². The number of rotatable bonds is 3. The third kappa shape index (κ3) is 2.73. The fraction of sp³-hybridized carbons (Fsp3) is 0.733. The molecule has 1 amide bonds. The Balaban J connectivity index is 2.42. The Morgan fingerprint density at radius 3 is 2.75 bits per heavy atom. The van der Waals surface area contributed by atoms with Gasteiger partial charge in [-0.05, 0) is 39.7 Å². The Morgan fingerprint density at radius 2 is 2.15 bits per heavy atom. The molecule has 2 atom stereocenters. The maximum atomic E-state index is 12.4. The van der Waals surface area contributed by atoms with Crippen molar-refractivity contribution in [2.24, 2.45) is 5.73 Å². The zero-order valence-corrected chi connectivity index (χ0v) is 13.0. The van der Waals surface area contributed by atoms with Crippen LogP contribution in [-0.2, 0) is 11.3 Å². The molecule has 2 rings (SSSR count). The fourth-order valence-corrected chi connectivity index (χ4v) is 3.05. The molecule has 1 aromatic rings. The summed E-state index contributed by atoms with van der Waals surface area (Å²) in [5, 5.41) is 4.38. The highest BCUT2D eigenvalue weighted by Crippen LogP contribution is 2.36. The fourth-order valence-electron chi connectivity index (χ4n) is 3.05. The quantitative estimate of drug-likeness (QED) is 0.920. The number of hydrogen-bond donors (Lipinski definition) is 1. The molecule has 5 nitrogen and oxygen atoms in total. The summed E-state index contributed by atoms with van der Waals surface area (Å²) in [4.78, 5) is 14.4. The van der Waals surface area contributed by atoms with Crippen LogP contribution in [0.5, 0.6) is 0 Å². The van der Waals surface area contributed by atoms with Gasteiger partial charge in [0, 0.05) is 30.7 Å². The van der Waals surface area contributed by atoms with E-state index in [4.69, 9.17) is 5.73 Å². The number of nitrogens with two attached hydrogens (primary N) is 1. The number of carbonyl (C=O) groups is 1. The van der Waals surface area contributed by atoms with Crippen LogP contribution >= 0.6 is 0 Å². The zero-order chi connectivity index (χ0) is 14.9. The minimum Gasteiger partial charge on any atom is -0.328 e. The van der Waals surface area contributed by atoms with Crippen molar-refractivity contribution in [3.63, 3.8) is 0 Å². The van der Waals surface area contributed by atoms with Gasteiger partial charge in [0.2, 0.25) is 5.91 Å². The summed E-state index contributed by atoms with van der Waals surface area (Å²) in [6.45, 7) is 9.18. The van der Waals surface area contributed by atoms with Gasteiger partial charge in [-0.2, -0.15) is 5.10 Å². The van der Waals surface area contributed by atoms with E-state index in [0.717, 1.165) is 25.1 Å². The molecular formula is C15H26N4O. The Labute approximate surface area is 121 Å². The highest BCUT2D eigenvalue weighted by Gasteiger charge is 2.41. The lowest BCUT2D eigenvalue weighted by Gasteiger charge is -2.47. The highest BCUT2D eigenvalue weighted by atomic mass is 16.2. The molecule has 0 aliphatic carbocycles. The second-order valence-corrected chi connectivity index (χ2v) is 6.56. The maximum absolute atomic E-state index is 12.4. The summed E-state index contributed by atoms with van der Waals surface area (Å²) >= 11 is 0. The van der Waals surface area contributed by atoms with Crippen LogP contribution in [0.3, 0.4) is 0 Å². The first-order chi connectivity index (χ1) is 9.36. The van der Waals surface area contributed by atoms with Crippen molar-refractivity contribution in [2.75, 3.05) is 0 Å². The topological polar surface area (TPSA) is 64.2 Å². The summed E-state index contributed by atoms with van der Waals surface area (Å²) in [5.41, 5.74) is 7.17. The smallest absolute Gasteiger partial charge is 0.223 e. The molecule has 0 saturated carbocycles. The van der Waals surface area contributed by atoms with Crippen molar-refractivity contribution in [1.82, 2.24) is 14.7 Å². The van der Waals surface area contributed by atoms with Gasteiger partial charge in [-0.3, -0.25) is 9.48 Å². The van der Waals surface area contributed by atoms with Gasteiger partial charge in [-0.25, -0.2) is 0 Å². The number of piperidine rings is 1. The summed E-state index contributed by atoms with van der Waals surface area (Å²) < 4.78 is 1.99. The van der Waals surface area contributed by atoms with Crippen molar-refractivity contribution in [3.8, 4) is 0 Å². The van der Waals surface area contributed by atoms with Gasteiger partial charge < -0.3 is 10.6 Å². The lowest BCUT2D eigenvalue weighted by molar-refractivity contribution is -0.144. The van der Waals surface area contributed by atoms with E-state index in [1.165, 1.54) is 0 Å². The van der Waals surface area contributed by atoms with Crippen LogP contribution in [0.1, 0.15) is 58.7 Å². The molecule has 0 radical (unpaired) electrons. The van der Waals surface area contributed by atoms with Crippen molar-refractivity contribution < 1.29 is 4.79 Å². The predicted octanol–water partition coefficient (Wildman–Crippen LogP) is 2.08. The van der Waals surface area contributed by atoms with Crippen molar-refractivity contribution in [1.29, 1.82) is 0 Å². The van der Waals surface area contributed by atoms with Crippen LogP contribution in [0, 0.1) is 0 Å². The van der Waals surface area contributed by atoms with Crippen molar-refractivity contribution in [3.05, 3.63) is 18.0 Å². The average molecular weight is 278 g/mol. The molecule has 0 spiro atoms. The van der Waals surface area contributed by atoms with Crippen LogP contribution in [0.15, 0.2) is 12.3 Å². The SMILES string of the molecule is CCCn1nccc1C1C(N)CCC(=O)N1C(C)(C)C. The molecule has 1 aromatic heterocycles. The van der Waals surface area contributed by atoms with Crippen LogP contribution in [0.4, 0.5) is 0 Å². The molecule has 1 aliphatic heterocycles. The Bertz CT molecular complexity index is 474. The molecule has 2 heterocycles. The lowest BCUT2D eigenvalue weighted by Crippen LogP contribution is -2.56. The minimum absolute atomic E-state index is 0.0285. The maximum Gasteiger partial charge on any atom is 0.223 e. The van der Waals surface area contributed by atoms with E-state index in [0.29, 0.717) is 6.42 Å². The van der Waals surface area contributed by atoms with Gasteiger partial charge in [0.15, 0.2) is 0 Å². The van der Waals surface area contributed by atoms with Gasteiger partial charge in [0.1, 0.15) is 0 Å². The minimum atomic E-state index is -0.235. The Morgan fingerprint density at radius 1 is 1.45 bits per heavy atom. The van der Waals surface area contributed by atoms with E-state index in [1.807, 2.05) is 15.6 Å². The number of amides is 1. The molecule has 2 unspecified atom stereocenters. The van der Waals surface area contributed by atoms with Gasteiger partial charge in [-0.15, -0.1) is 0 Å². The molecule has 0 bridgehead atoms. The first kappa shape index (κ1) is 15.0. The number of hydrogen-bond acceptors (Lipinski definition) is 3. The van der Waals surface area contributed by atoms with Gasteiger partial charge in [0.05, 0.1) is 11.7 Å². The Hall–Kier alpha value is -1.36. The van der Waals surface area contributed by atoms with Gasteiger partial charge in [0.25, 0.3) is 0 Å². The van der Waals surface area contributed by atoms with E-state index >= 15 is 0 Å². The van der Waals surface area contributed by atoms with Crippen LogP contribution in [0.25, 0.3) is 0 Å². The Kier molecular flexibility index (Phi) is 4.18. The normalized spacial score (nSPS) is 24.2. The predicted molar refractivity (Wildman–Crippen MR) is 79.1 cm³/mol. The number of carbonyl (C=O) groups excluding carboxylic acids is 1. The standard InChI is InChI=1S/C15H26N4O/c1-5-10-18-12(8-9-17-18)14-11(16)6-7-13(20)19(14)15(2,3)4/h8-9,11,14H,5-7,10,16H2,1-4H3. The molecule has 1 aliphatic rings. The lowest BCUT2D eigenvalue weighted by atomic mass is 9.89. The molecule has 2 N–H and O–H groups in total. The first-order valence-electron chi connectivity index (χ1n) is 7.45. The highest BCUT2D eigenvalue weighted by molar-refractivity contribution is 5.78. The molecular weight excluding hydrogens is 252 g/mol. The van der Waals surface area contributed by atoms with E-state index < -0.39 is 0 Å². The van der Waals surface area contributed by atoms with E-state index in [-0.39, 0.29) is 23.5 Å². The zero-order valence-electron chi connectivity index (χ0n) is 13.0. The summed E-state index contributed by atoms with van der Waals surface area (Å²) in [6.07, 6.45) is 4.10. The number of likely N-dealkylation sites (tertiary alicyclic amines) is 1. The molecule has 1 fully saturated rings. The summed E-state index contributed by atoms with van der Waals surface area (Å²) in [7, 11) is 0. The second kappa shape index (κ2) is 5.56. The monoisotopic (exact) mass is 278 g/mol. The molecule has 1 saturated heterocycles. The molecule has 5 heteroatoms.